The maximum absolute atomic E-state index is 12.3. The Labute approximate surface area is 121 Å². The number of aromatic nitrogens is 1. The summed E-state index contributed by atoms with van der Waals surface area (Å²) in [7, 11) is -1.49. The van der Waals surface area contributed by atoms with E-state index in [2.05, 4.69) is 10.3 Å². The van der Waals surface area contributed by atoms with Crippen molar-refractivity contribution in [1.82, 2.24) is 14.2 Å². The topological polar surface area (TPSA) is 109 Å². The molecule has 1 aromatic rings. The first kappa shape index (κ1) is 15.0. The van der Waals surface area contributed by atoms with Gasteiger partial charge in [-0.25, -0.2) is 13.4 Å². The average Bonchev–Trinajstić information content (AvgIpc) is 2.78. The van der Waals surface area contributed by atoms with E-state index < -0.39 is 10.0 Å². The predicted octanol–water partition coefficient (Wildman–Crippen LogP) is -0.516. The number of nitrogen functional groups attached to an aromatic ring is 1. The number of nitrogens with one attached hydrogen (secondary N) is 1. The van der Waals surface area contributed by atoms with Crippen LogP contribution in [0.2, 0.25) is 0 Å². The number of carbonyl (C=O) groups is 1. The van der Waals surface area contributed by atoms with Gasteiger partial charge >= 0.3 is 0 Å². The summed E-state index contributed by atoms with van der Waals surface area (Å²) in [5.74, 6) is 0.00421. The van der Waals surface area contributed by atoms with E-state index in [-0.39, 0.29) is 11.7 Å². The van der Waals surface area contributed by atoms with Gasteiger partial charge in [0.25, 0.3) is 5.91 Å². The highest BCUT2D eigenvalue weighted by atomic mass is 32.2. The zero-order chi connectivity index (χ0) is 14.9. The van der Waals surface area contributed by atoms with Crippen LogP contribution in [0.25, 0.3) is 0 Å². The molecular formula is C10H17N5O3S2. The summed E-state index contributed by atoms with van der Waals surface area (Å²) < 4.78 is 24.2. The van der Waals surface area contributed by atoms with Crippen molar-refractivity contribution in [2.24, 2.45) is 0 Å². The maximum Gasteiger partial charge on any atom is 0.267 e. The van der Waals surface area contributed by atoms with Crippen molar-refractivity contribution in [2.45, 2.75) is 0 Å². The van der Waals surface area contributed by atoms with E-state index in [0.717, 1.165) is 0 Å². The lowest BCUT2D eigenvalue weighted by Gasteiger charge is -2.32. The predicted molar refractivity (Wildman–Crippen MR) is 78.4 cm³/mol. The highest BCUT2D eigenvalue weighted by Gasteiger charge is 2.28. The number of sulfonamides is 1. The van der Waals surface area contributed by atoms with Crippen molar-refractivity contribution in [2.75, 3.05) is 50.5 Å². The molecule has 1 saturated heterocycles. The number of nitrogens with two attached hydrogens (primary N) is 1. The third-order valence-corrected chi connectivity index (χ3v) is 5.44. The van der Waals surface area contributed by atoms with Crippen LogP contribution >= 0.6 is 11.3 Å². The van der Waals surface area contributed by atoms with Crippen LogP contribution in [0.5, 0.6) is 0 Å². The largest absolute Gasteiger partial charge is 0.382 e. The van der Waals surface area contributed by atoms with Crippen molar-refractivity contribution in [3.63, 3.8) is 0 Å². The molecular weight excluding hydrogens is 302 g/mol. The van der Waals surface area contributed by atoms with Gasteiger partial charge in [0.15, 0.2) is 5.13 Å². The standard InChI is InChI=1S/C10H17N5O3S2/c1-12-10-13-8(11)7(19-10)9(16)14-3-5-15(6-4-14)20(2,17)18/h3-6,11H2,1-2H3,(H,12,13). The second-order valence-corrected chi connectivity index (χ2v) is 7.42. The normalized spacial score (nSPS) is 17.2. The number of carbonyl (C=O) groups excluding carboxylic acids is 1. The van der Waals surface area contributed by atoms with Crippen molar-refractivity contribution in [1.29, 1.82) is 0 Å². The van der Waals surface area contributed by atoms with E-state index >= 15 is 0 Å². The van der Waals surface area contributed by atoms with Crippen molar-refractivity contribution in [3.8, 4) is 0 Å². The third-order valence-electron chi connectivity index (χ3n) is 3.06. The van der Waals surface area contributed by atoms with Crippen LogP contribution in [0.1, 0.15) is 9.67 Å². The summed E-state index contributed by atoms with van der Waals surface area (Å²) in [6, 6.07) is 0. The molecule has 0 saturated carbocycles. The molecule has 3 N–H and O–H groups in total. The van der Waals surface area contributed by atoms with Gasteiger partial charge in [0.2, 0.25) is 10.0 Å². The van der Waals surface area contributed by atoms with Gasteiger partial charge in [0, 0.05) is 33.2 Å². The monoisotopic (exact) mass is 319 g/mol. The quantitative estimate of drug-likeness (QED) is 0.776. The van der Waals surface area contributed by atoms with Crippen molar-refractivity contribution in [3.05, 3.63) is 4.88 Å². The molecule has 1 aliphatic rings. The lowest BCUT2D eigenvalue weighted by Crippen LogP contribution is -2.50. The molecule has 112 valence electrons. The van der Waals surface area contributed by atoms with Crippen molar-refractivity contribution >= 4 is 38.2 Å². The number of rotatable bonds is 3. The second-order valence-electron chi connectivity index (χ2n) is 4.44. The lowest BCUT2D eigenvalue weighted by molar-refractivity contribution is 0.0704. The Hall–Kier alpha value is -1.39. The van der Waals surface area contributed by atoms with Crippen LogP contribution in [0.3, 0.4) is 0 Å². The molecule has 8 nitrogen and oxygen atoms in total. The highest BCUT2D eigenvalue weighted by molar-refractivity contribution is 7.88. The van der Waals surface area contributed by atoms with Gasteiger partial charge in [-0.2, -0.15) is 4.31 Å². The summed E-state index contributed by atoms with van der Waals surface area (Å²) >= 11 is 1.20. The Bertz CT molecular complexity index is 604. The minimum atomic E-state index is -3.20. The molecule has 1 aliphatic heterocycles. The molecule has 1 amide bonds. The Balaban J connectivity index is 2.07. The van der Waals surface area contributed by atoms with Gasteiger partial charge in [-0.05, 0) is 0 Å². The molecule has 0 radical (unpaired) electrons. The number of amides is 1. The molecule has 1 fully saturated rings. The van der Waals surface area contributed by atoms with Gasteiger partial charge < -0.3 is 16.0 Å². The second kappa shape index (κ2) is 5.54. The first-order chi connectivity index (χ1) is 9.32. The Morgan fingerprint density at radius 3 is 2.40 bits per heavy atom. The Morgan fingerprint density at radius 2 is 1.95 bits per heavy atom. The van der Waals surface area contributed by atoms with Gasteiger partial charge in [0.1, 0.15) is 10.7 Å². The fraction of sp³-hybridized carbons (Fsp3) is 0.600. The van der Waals surface area contributed by atoms with E-state index in [9.17, 15) is 13.2 Å². The summed E-state index contributed by atoms with van der Waals surface area (Å²) in [6.07, 6.45) is 1.17. The fourth-order valence-corrected chi connectivity index (χ4v) is 3.59. The van der Waals surface area contributed by atoms with Crippen LogP contribution in [0.15, 0.2) is 0 Å². The molecule has 0 bridgehead atoms. The first-order valence-electron chi connectivity index (χ1n) is 6.01. The van der Waals surface area contributed by atoms with E-state index in [1.54, 1.807) is 11.9 Å². The van der Waals surface area contributed by atoms with E-state index in [1.165, 1.54) is 21.9 Å². The highest BCUT2D eigenvalue weighted by Crippen LogP contribution is 2.26. The number of hydrogen-bond donors (Lipinski definition) is 2. The molecule has 2 rings (SSSR count). The van der Waals surface area contributed by atoms with Gasteiger partial charge in [-0.1, -0.05) is 11.3 Å². The van der Waals surface area contributed by atoms with E-state index in [1.807, 2.05) is 0 Å². The van der Waals surface area contributed by atoms with Crippen LogP contribution < -0.4 is 11.1 Å². The number of thiazole rings is 1. The lowest BCUT2D eigenvalue weighted by atomic mass is 10.3. The fourth-order valence-electron chi connectivity index (χ4n) is 1.96. The molecule has 20 heavy (non-hydrogen) atoms. The van der Waals surface area contributed by atoms with Crippen molar-refractivity contribution < 1.29 is 13.2 Å². The number of anilines is 2. The molecule has 1 aromatic heterocycles. The summed E-state index contributed by atoms with van der Waals surface area (Å²) in [5.41, 5.74) is 5.73. The van der Waals surface area contributed by atoms with Crippen LogP contribution in [-0.2, 0) is 10.0 Å². The van der Waals surface area contributed by atoms with E-state index in [0.29, 0.717) is 36.2 Å². The molecule has 0 aliphatic carbocycles. The van der Waals surface area contributed by atoms with Gasteiger partial charge in [-0.15, -0.1) is 0 Å². The first-order valence-corrected chi connectivity index (χ1v) is 8.68. The van der Waals surface area contributed by atoms with E-state index in [4.69, 9.17) is 5.73 Å². The van der Waals surface area contributed by atoms with Crippen LogP contribution in [0, 0.1) is 0 Å². The minimum Gasteiger partial charge on any atom is -0.382 e. The smallest absolute Gasteiger partial charge is 0.267 e. The number of hydrogen-bond acceptors (Lipinski definition) is 7. The average molecular weight is 319 g/mol. The van der Waals surface area contributed by atoms with Gasteiger partial charge in [0.05, 0.1) is 6.26 Å². The third kappa shape index (κ3) is 3.02. The molecule has 0 spiro atoms. The molecule has 0 aromatic carbocycles. The van der Waals surface area contributed by atoms with Crippen LogP contribution in [-0.4, -0.2) is 68.0 Å². The maximum atomic E-state index is 12.3. The summed E-state index contributed by atoms with van der Waals surface area (Å²) in [5, 5.41) is 3.43. The minimum absolute atomic E-state index is 0.199. The zero-order valence-corrected chi connectivity index (χ0v) is 12.9. The molecule has 0 unspecified atom stereocenters. The Morgan fingerprint density at radius 1 is 1.35 bits per heavy atom. The molecule has 0 atom stereocenters. The molecule has 10 heteroatoms. The SMILES string of the molecule is CNc1nc(N)c(C(=O)N2CCN(S(C)(=O)=O)CC2)s1. The Kier molecular flexibility index (Phi) is 4.16. The van der Waals surface area contributed by atoms with Gasteiger partial charge in [-0.3, -0.25) is 4.79 Å². The summed E-state index contributed by atoms with van der Waals surface area (Å²) in [4.78, 5) is 18.4. The van der Waals surface area contributed by atoms with Crippen LogP contribution in [0.4, 0.5) is 10.9 Å². The number of nitrogens with zero attached hydrogens (tertiary/aromatic N) is 3. The molecule has 2 heterocycles. The zero-order valence-electron chi connectivity index (χ0n) is 11.3. The summed E-state index contributed by atoms with van der Waals surface area (Å²) in [6.45, 7) is 1.33. The number of piperazine rings is 1.